The Morgan fingerprint density at radius 2 is 2.08 bits per heavy atom. The topological polar surface area (TPSA) is 49.3 Å². The van der Waals surface area contributed by atoms with E-state index in [0.717, 1.165) is 17.4 Å². The molecule has 0 unspecified atom stereocenters. The van der Waals surface area contributed by atoms with Gasteiger partial charge in [0.15, 0.2) is 0 Å². The summed E-state index contributed by atoms with van der Waals surface area (Å²) in [6, 6.07) is 9.23. The summed E-state index contributed by atoms with van der Waals surface area (Å²) in [5.74, 6) is 0.429. The number of aliphatic hydroxyl groups excluding tert-OH is 1. The Bertz CT molecular complexity index is 264. The maximum absolute atomic E-state index is 11.1. The molecule has 0 aliphatic heterocycles. The maximum Gasteiger partial charge on any atom is 0.283 e. The second-order valence-corrected chi connectivity index (χ2v) is 3.42. The largest absolute Gasteiger partial charge is 0.396 e. The zero-order valence-corrected chi connectivity index (χ0v) is 7.88. The molecule has 2 N–H and O–H groups in total. The first kappa shape index (κ1) is 10.1. The molecule has 0 aliphatic rings. The van der Waals surface area contributed by atoms with Crippen molar-refractivity contribution in [2.45, 2.75) is 0 Å². The van der Waals surface area contributed by atoms with Crippen molar-refractivity contribution in [3.05, 3.63) is 30.3 Å². The monoisotopic (exact) mass is 197 g/mol. The molecule has 1 aromatic carbocycles. The summed E-state index contributed by atoms with van der Waals surface area (Å²) in [6.07, 6.45) is 0. The number of amides is 1. The second-order valence-electron chi connectivity index (χ2n) is 2.35. The van der Waals surface area contributed by atoms with Crippen LogP contribution in [-0.2, 0) is 0 Å². The zero-order valence-electron chi connectivity index (χ0n) is 7.06. The van der Waals surface area contributed by atoms with Crippen LogP contribution in [0.1, 0.15) is 0 Å². The molecule has 0 saturated heterocycles. The summed E-state index contributed by atoms with van der Waals surface area (Å²) in [4.78, 5) is 11.1. The van der Waals surface area contributed by atoms with Crippen molar-refractivity contribution in [2.24, 2.45) is 0 Å². The van der Waals surface area contributed by atoms with E-state index in [-0.39, 0.29) is 11.8 Å². The Hall–Kier alpha value is -1.00. The highest BCUT2D eigenvalue weighted by atomic mass is 32.2. The average Bonchev–Trinajstić information content (AvgIpc) is 2.16. The minimum atomic E-state index is -0.139. The second kappa shape index (κ2) is 5.61. The lowest BCUT2D eigenvalue weighted by atomic mass is 10.3. The average molecular weight is 197 g/mol. The fourth-order valence-electron chi connectivity index (χ4n) is 0.814. The quantitative estimate of drug-likeness (QED) is 0.778. The zero-order chi connectivity index (χ0) is 9.52. The van der Waals surface area contributed by atoms with E-state index in [4.69, 9.17) is 5.11 Å². The molecule has 1 amide bonds. The fraction of sp³-hybridized carbons (Fsp3) is 0.222. The van der Waals surface area contributed by atoms with E-state index in [1.807, 2.05) is 30.3 Å². The van der Waals surface area contributed by atoms with Gasteiger partial charge in [0.05, 0.1) is 6.61 Å². The minimum Gasteiger partial charge on any atom is -0.396 e. The predicted octanol–water partition coefficient (Wildman–Crippen LogP) is 1.94. The van der Waals surface area contributed by atoms with Gasteiger partial charge in [0, 0.05) is 11.4 Å². The van der Waals surface area contributed by atoms with Crippen LogP contribution in [0.5, 0.6) is 0 Å². The van der Waals surface area contributed by atoms with Crippen LogP contribution in [0.15, 0.2) is 30.3 Å². The van der Waals surface area contributed by atoms with Gasteiger partial charge in [0.25, 0.3) is 5.24 Å². The van der Waals surface area contributed by atoms with Crippen LogP contribution in [0.4, 0.5) is 10.5 Å². The lowest BCUT2D eigenvalue weighted by Gasteiger charge is -2.02. The van der Waals surface area contributed by atoms with Crippen molar-refractivity contribution >= 4 is 22.7 Å². The molecule has 0 radical (unpaired) electrons. The first-order valence-corrected chi connectivity index (χ1v) is 4.91. The van der Waals surface area contributed by atoms with E-state index >= 15 is 0 Å². The number of hydrogen-bond acceptors (Lipinski definition) is 3. The van der Waals surface area contributed by atoms with E-state index in [2.05, 4.69) is 5.32 Å². The lowest BCUT2D eigenvalue weighted by Crippen LogP contribution is -2.06. The van der Waals surface area contributed by atoms with E-state index < -0.39 is 0 Å². The van der Waals surface area contributed by atoms with Crippen LogP contribution in [0, 0.1) is 0 Å². The van der Waals surface area contributed by atoms with Crippen molar-refractivity contribution in [1.82, 2.24) is 0 Å². The van der Waals surface area contributed by atoms with Gasteiger partial charge in [-0.15, -0.1) is 0 Å². The smallest absolute Gasteiger partial charge is 0.283 e. The number of carbonyl (C=O) groups excluding carboxylic acids is 1. The Morgan fingerprint density at radius 1 is 1.38 bits per heavy atom. The van der Waals surface area contributed by atoms with Crippen LogP contribution in [0.25, 0.3) is 0 Å². The van der Waals surface area contributed by atoms with Crippen molar-refractivity contribution in [3.8, 4) is 0 Å². The van der Waals surface area contributed by atoms with Crippen LogP contribution in [0.3, 0.4) is 0 Å². The number of aliphatic hydroxyl groups is 1. The highest BCUT2D eigenvalue weighted by Gasteiger charge is 2.00. The number of thioether (sulfide) groups is 1. The number of hydrogen-bond donors (Lipinski definition) is 2. The van der Waals surface area contributed by atoms with Crippen LogP contribution in [-0.4, -0.2) is 22.7 Å². The van der Waals surface area contributed by atoms with Gasteiger partial charge in [-0.3, -0.25) is 4.79 Å². The highest BCUT2D eigenvalue weighted by molar-refractivity contribution is 8.13. The molecule has 1 rings (SSSR count). The molecular formula is C9H11NO2S. The van der Waals surface area contributed by atoms with Crippen molar-refractivity contribution in [2.75, 3.05) is 17.7 Å². The number of para-hydroxylation sites is 1. The Morgan fingerprint density at radius 3 is 2.69 bits per heavy atom. The lowest BCUT2D eigenvalue weighted by molar-refractivity contribution is 0.269. The number of carbonyl (C=O) groups is 1. The summed E-state index contributed by atoms with van der Waals surface area (Å²) in [6.45, 7) is 0.0207. The summed E-state index contributed by atoms with van der Waals surface area (Å²) in [5.41, 5.74) is 0.776. The first-order valence-electron chi connectivity index (χ1n) is 3.92. The molecule has 3 nitrogen and oxygen atoms in total. The molecule has 0 aromatic heterocycles. The number of rotatable bonds is 3. The molecule has 0 fully saturated rings. The SMILES string of the molecule is O=C(Nc1ccccc1)SCCO. The predicted molar refractivity (Wildman–Crippen MR) is 55.0 cm³/mol. The third kappa shape index (κ3) is 3.96. The maximum atomic E-state index is 11.1. The highest BCUT2D eigenvalue weighted by Crippen LogP contribution is 2.09. The molecule has 70 valence electrons. The van der Waals surface area contributed by atoms with Crippen LogP contribution in [0.2, 0.25) is 0 Å². The van der Waals surface area contributed by atoms with Gasteiger partial charge in [0.1, 0.15) is 0 Å². The molecule has 0 heterocycles. The summed E-state index contributed by atoms with van der Waals surface area (Å²) < 4.78 is 0. The fourth-order valence-corrected chi connectivity index (χ4v) is 1.28. The van der Waals surface area contributed by atoms with Gasteiger partial charge in [-0.05, 0) is 12.1 Å². The first-order chi connectivity index (χ1) is 6.33. The van der Waals surface area contributed by atoms with Crippen molar-refractivity contribution in [3.63, 3.8) is 0 Å². The van der Waals surface area contributed by atoms with Gasteiger partial charge >= 0.3 is 0 Å². The van der Waals surface area contributed by atoms with Crippen LogP contribution < -0.4 is 5.32 Å². The van der Waals surface area contributed by atoms with Crippen LogP contribution >= 0.6 is 11.8 Å². The third-order valence-electron chi connectivity index (χ3n) is 1.34. The van der Waals surface area contributed by atoms with E-state index in [9.17, 15) is 4.79 Å². The third-order valence-corrected chi connectivity index (χ3v) is 2.10. The summed E-state index contributed by atoms with van der Waals surface area (Å²) in [7, 11) is 0. The molecule has 13 heavy (non-hydrogen) atoms. The van der Waals surface area contributed by atoms with Gasteiger partial charge in [-0.25, -0.2) is 0 Å². The minimum absolute atomic E-state index is 0.0207. The van der Waals surface area contributed by atoms with Gasteiger partial charge in [0.2, 0.25) is 0 Å². The molecule has 0 bridgehead atoms. The Kier molecular flexibility index (Phi) is 4.35. The van der Waals surface area contributed by atoms with E-state index in [0.29, 0.717) is 5.75 Å². The molecule has 4 heteroatoms. The molecule has 0 spiro atoms. The Balaban J connectivity index is 2.37. The number of benzene rings is 1. The standard InChI is InChI=1S/C9H11NO2S/c11-6-7-13-9(12)10-8-4-2-1-3-5-8/h1-5,11H,6-7H2,(H,10,12). The van der Waals surface area contributed by atoms with Gasteiger partial charge < -0.3 is 10.4 Å². The Labute approximate surface area is 81.2 Å². The molecule has 1 aromatic rings. The summed E-state index contributed by atoms with van der Waals surface area (Å²) in [5, 5.41) is 11.0. The molecule has 0 atom stereocenters. The number of nitrogens with one attached hydrogen (secondary N) is 1. The molecule has 0 saturated carbocycles. The molecule has 0 aliphatic carbocycles. The van der Waals surface area contributed by atoms with Gasteiger partial charge in [-0.2, -0.15) is 0 Å². The van der Waals surface area contributed by atoms with Crippen molar-refractivity contribution < 1.29 is 9.90 Å². The summed E-state index contributed by atoms with van der Waals surface area (Å²) >= 11 is 1.07. The number of anilines is 1. The van der Waals surface area contributed by atoms with Crippen molar-refractivity contribution in [1.29, 1.82) is 0 Å². The molecular weight excluding hydrogens is 186 g/mol. The normalized spacial score (nSPS) is 9.62. The van der Waals surface area contributed by atoms with E-state index in [1.165, 1.54) is 0 Å². The van der Waals surface area contributed by atoms with E-state index in [1.54, 1.807) is 0 Å². The van der Waals surface area contributed by atoms with Gasteiger partial charge in [-0.1, -0.05) is 30.0 Å².